The Morgan fingerprint density at radius 1 is 1.05 bits per heavy atom. The highest BCUT2D eigenvalue weighted by atomic mass is 16.5. The smallest absolute Gasteiger partial charge is 0.146 e. The van der Waals surface area contributed by atoms with Gasteiger partial charge in [0.1, 0.15) is 23.9 Å². The number of likely N-dealkylation sites (tertiary alicyclic amines) is 1. The second-order valence-electron chi connectivity index (χ2n) is 10.6. The first-order valence-corrected chi connectivity index (χ1v) is 13.7. The van der Waals surface area contributed by atoms with E-state index in [1.54, 1.807) is 19.5 Å². The lowest BCUT2D eigenvalue weighted by molar-refractivity contribution is -0.109. The van der Waals surface area contributed by atoms with Crippen LogP contribution < -0.4 is 15.4 Å². The number of fused-ring (bicyclic) bond motifs is 1. The molecule has 1 aliphatic carbocycles. The standard InChI is InChI=1S/C31H35N5O2/c1-38-27-16-24(18-32-19-27)28-17-23-10-13-33-29(20-37)30(23)31(35-28)34-25-8-6-21(7-9-25)22-11-14-36(15-12-22)26-4-2-3-5-26/h6-10,13,16-20,22,26,29,33H,2-5,11-12,14-15H2,1H3,(H,34,35). The SMILES string of the molecule is COc1cncc(-c2cc3c(c(Nc4ccc(C5CCN(C6CCCC6)CC5)cc4)n2)C(C=O)NC=C3)c1. The number of nitrogens with one attached hydrogen (secondary N) is 2. The van der Waals surface area contributed by atoms with Crippen molar-refractivity contribution in [3.05, 3.63) is 71.7 Å². The molecule has 0 radical (unpaired) electrons. The molecule has 3 aliphatic rings. The molecule has 1 saturated heterocycles. The average molecular weight is 510 g/mol. The lowest BCUT2D eigenvalue weighted by Gasteiger charge is -2.36. The van der Waals surface area contributed by atoms with Gasteiger partial charge in [-0.15, -0.1) is 0 Å². The van der Waals surface area contributed by atoms with Crippen LogP contribution in [0.1, 0.15) is 67.2 Å². The highest BCUT2D eigenvalue weighted by molar-refractivity contribution is 5.80. The molecule has 7 heteroatoms. The van der Waals surface area contributed by atoms with Crippen molar-refractivity contribution in [3.63, 3.8) is 0 Å². The minimum Gasteiger partial charge on any atom is -0.495 e. The number of hydrogen-bond acceptors (Lipinski definition) is 7. The van der Waals surface area contributed by atoms with Crippen molar-refractivity contribution < 1.29 is 9.53 Å². The number of aromatic nitrogens is 2. The van der Waals surface area contributed by atoms with Crippen LogP contribution in [0.15, 0.2) is 55.0 Å². The van der Waals surface area contributed by atoms with E-state index in [-0.39, 0.29) is 0 Å². The van der Waals surface area contributed by atoms with Crippen molar-refractivity contribution in [3.8, 4) is 17.0 Å². The van der Waals surface area contributed by atoms with Crippen molar-refractivity contribution in [2.45, 2.75) is 56.5 Å². The van der Waals surface area contributed by atoms with E-state index in [0.29, 0.717) is 17.5 Å². The molecule has 196 valence electrons. The lowest BCUT2D eigenvalue weighted by atomic mass is 9.88. The second kappa shape index (κ2) is 11.0. The van der Waals surface area contributed by atoms with Gasteiger partial charge in [0, 0.05) is 29.1 Å². The molecule has 7 nitrogen and oxygen atoms in total. The number of benzene rings is 1. The third-order valence-corrected chi connectivity index (χ3v) is 8.34. The van der Waals surface area contributed by atoms with Crippen molar-refractivity contribution in [2.24, 2.45) is 0 Å². The summed E-state index contributed by atoms with van der Waals surface area (Å²) in [5, 5.41) is 6.65. The van der Waals surface area contributed by atoms with Gasteiger partial charge in [-0.1, -0.05) is 25.0 Å². The van der Waals surface area contributed by atoms with Gasteiger partial charge in [-0.05, 0) is 92.4 Å². The summed E-state index contributed by atoms with van der Waals surface area (Å²) < 4.78 is 5.36. The van der Waals surface area contributed by atoms with E-state index in [1.165, 1.54) is 57.2 Å². The fourth-order valence-electron chi connectivity index (χ4n) is 6.23. The van der Waals surface area contributed by atoms with E-state index < -0.39 is 6.04 Å². The fourth-order valence-corrected chi connectivity index (χ4v) is 6.23. The Kier molecular flexibility index (Phi) is 7.10. The topological polar surface area (TPSA) is 79.4 Å². The van der Waals surface area contributed by atoms with E-state index in [1.807, 2.05) is 24.4 Å². The van der Waals surface area contributed by atoms with Crippen LogP contribution in [0.25, 0.3) is 17.3 Å². The van der Waals surface area contributed by atoms with Gasteiger partial charge >= 0.3 is 0 Å². The molecular weight excluding hydrogens is 474 g/mol. The zero-order valence-corrected chi connectivity index (χ0v) is 21.9. The first-order valence-electron chi connectivity index (χ1n) is 13.7. The molecule has 1 aromatic carbocycles. The number of anilines is 2. The molecule has 2 N–H and O–H groups in total. The molecule has 2 aromatic heterocycles. The van der Waals surface area contributed by atoms with Crippen LogP contribution in [0, 0.1) is 0 Å². The van der Waals surface area contributed by atoms with Gasteiger partial charge in [0.15, 0.2) is 0 Å². The number of nitrogens with zero attached hydrogens (tertiary/aromatic N) is 3. The summed E-state index contributed by atoms with van der Waals surface area (Å²) in [6.45, 7) is 2.43. The molecule has 0 bridgehead atoms. The molecule has 1 saturated carbocycles. The van der Waals surface area contributed by atoms with Crippen LogP contribution in [0.4, 0.5) is 11.5 Å². The highest BCUT2D eigenvalue weighted by Crippen LogP contribution is 2.36. The van der Waals surface area contributed by atoms with E-state index in [4.69, 9.17) is 9.72 Å². The number of pyridine rings is 2. The van der Waals surface area contributed by atoms with Crippen LogP contribution in [0.2, 0.25) is 0 Å². The van der Waals surface area contributed by atoms with Crippen molar-refractivity contribution in [1.82, 2.24) is 20.2 Å². The normalized spacial score (nSPS) is 20.1. The van der Waals surface area contributed by atoms with Gasteiger partial charge in [0.05, 0.1) is 19.0 Å². The van der Waals surface area contributed by atoms with Gasteiger partial charge in [-0.2, -0.15) is 0 Å². The molecule has 1 atom stereocenters. The maximum absolute atomic E-state index is 11.9. The number of methoxy groups -OCH3 is 1. The third kappa shape index (κ3) is 5.03. The van der Waals surface area contributed by atoms with Crippen molar-refractivity contribution >= 4 is 23.9 Å². The minimum absolute atomic E-state index is 0.466. The van der Waals surface area contributed by atoms with Crippen molar-refractivity contribution in [2.75, 3.05) is 25.5 Å². The second-order valence-corrected chi connectivity index (χ2v) is 10.6. The number of aldehydes is 1. The van der Waals surface area contributed by atoms with E-state index in [9.17, 15) is 4.79 Å². The Hall–Kier alpha value is -3.71. The van der Waals surface area contributed by atoms with Crippen LogP contribution in [-0.4, -0.2) is 47.4 Å². The van der Waals surface area contributed by atoms with Gasteiger partial charge in [-0.3, -0.25) is 4.98 Å². The molecule has 6 rings (SSSR count). The predicted octanol–water partition coefficient (Wildman–Crippen LogP) is 5.83. The molecule has 38 heavy (non-hydrogen) atoms. The Bertz CT molecular complexity index is 1310. The maximum atomic E-state index is 11.9. The molecule has 4 heterocycles. The zero-order chi connectivity index (χ0) is 25.9. The maximum Gasteiger partial charge on any atom is 0.146 e. The Labute approximate surface area is 224 Å². The van der Waals surface area contributed by atoms with Gasteiger partial charge in [-0.25, -0.2) is 4.98 Å². The van der Waals surface area contributed by atoms with Crippen LogP contribution in [0.5, 0.6) is 5.75 Å². The van der Waals surface area contributed by atoms with Crippen LogP contribution >= 0.6 is 0 Å². The first-order chi connectivity index (χ1) is 18.7. The molecular formula is C31H35N5O2. The monoisotopic (exact) mass is 509 g/mol. The number of rotatable bonds is 7. The summed E-state index contributed by atoms with van der Waals surface area (Å²) >= 11 is 0. The quantitative estimate of drug-likeness (QED) is 0.388. The summed E-state index contributed by atoms with van der Waals surface area (Å²) in [5.74, 6) is 1.95. The Morgan fingerprint density at radius 3 is 2.58 bits per heavy atom. The van der Waals surface area contributed by atoms with E-state index in [2.05, 4.69) is 44.8 Å². The summed E-state index contributed by atoms with van der Waals surface area (Å²) in [4.78, 5) is 23.9. The number of carbonyl (C=O) groups excluding carboxylic acids is 1. The van der Waals surface area contributed by atoms with E-state index >= 15 is 0 Å². The lowest BCUT2D eigenvalue weighted by Crippen LogP contribution is -2.39. The molecule has 2 fully saturated rings. The van der Waals surface area contributed by atoms with Gasteiger partial charge in [0.2, 0.25) is 0 Å². The predicted molar refractivity (Wildman–Crippen MR) is 151 cm³/mol. The van der Waals surface area contributed by atoms with Crippen LogP contribution in [-0.2, 0) is 4.79 Å². The number of piperidine rings is 1. The molecule has 1 unspecified atom stereocenters. The largest absolute Gasteiger partial charge is 0.495 e. The summed E-state index contributed by atoms with van der Waals surface area (Å²) in [7, 11) is 1.62. The molecule has 2 aliphatic heterocycles. The third-order valence-electron chi connectivity index (χ3n) is 8.34. The van der Waals surface area contributed by atoms with Crippen LogP contribution in [0.3, 0.4) is 0 Å². The summed E-state index contributed by atoms with van der Waals surface area (Å²) in [6, 6.07) is 13.0. The summed E-state index contributed by atoms with van der Waals surface area (Å²) in [5.41, 5.74) is 5.76. The van der Waals surface area contributed by atoms with Gasteiger partial charge < -0.3 is 25.1 Å². The van der Waals surface area contributed by atoms with E-state index in [0.717, 1.165) is 40.4 Å². The van der Waals surface area contributed by atoms with Gasteiger partial charge in [0.25, 0.3) is 0 Å². The average Bonchev–Trinajstić information content (AvgIpc) is 3.52. The summed E-state index contributed by atoms with van der Waals surface area (Å²) in [6.07, 6.45) is 16.2. The first kappa shape index (κ1) is 24.6. The molecule has 0 spiro atoms. The van der Waals surface area contributed by atoms with Crippen molar-refractivity contribution in [1.29, 1.82) is 0 Å². The number of carbonyl (C=O) groups is 1. The molecule has 0 amide bonds. The Morgan fingerprint density at radius 2 is 1.84 bits per heavy atom. The Balaban J connectivity index is 1.23. The highest BCUT2D eigenvalue weighted by Gasteiger charge is 2.28. The zero-order valence-electron chi connectivity index (χ0n) is 21.9. The minimum atomic E-state index is -0.466. The molecule has 3 aromatic rings. The number of hydrogen-bond donors (Lipinski definition) is 2. The number of ether oxygens (including phenoxy) is 1. The fraction of sp³-hybridized carbons (Fsp3) is 0.387.